The molecule has 3 rings (SSSR count). The van der Waals surface area contributed by atoms with Crippen LogP contribution < -0.4 is 4.74 Å². The fraction of sp³-hybridized carbons (Fsp3) is 0.0714. The average Bonchev–Trinajstić information content (AvgIpc) is 2.97. The predicted octanol–water partition coefficient (Wildman–Crippen LogP) is 3.27. The number of fused-ring (bicyclic) bond motifs is 1. The number of nitrogens with zero attached hydrogens (tertiary/aromatic N) is 2. The average molecular weight is 286 g/mol. The van der Waals surface area contributed by atoms with Gasteiger partial charge in [0, 0.05) is 0 Å². The lowest BCUT2D eigenvalue weighted by Crippen LogP contribution is -2.00. The van der Waals surface area contributed by atoms with Crippen LogP contribution in [0.25, 0.3) is 10.2 Å². The predicted molar refractivity (Wildman–Crippen MR) is 75.3 cm³/mol. The third-order valence-corrected chi connectivity index (χ3v) is 3.54. The van der Waals surface area contributed by atoms with E-state index in [-0.39, 0.29) is 5.97 Å². The van der Waals surface area contributed by atoms with Gasteiger partial charge in [-0.25, -0.2) is 14.8 Å². The third-order valence-electron chi connectivity index (χ3n) is 2.72. The Labute approximate surface area is 118 Å². The van der Waals surface area contributed by atoms with Crippen molar-refractivity contribution in [2.75, 3.05) is 7.11 Å². The molecular formula is C14H10N2O3S. The molecule has 0 saturated carbocycles. The number of methoxy groups -OCH3 is 1. The normalized spacial score (nSPS) is 10.4. The molecule has 2 aromatic heterocycles. The fourth-order valence-electron chi connectivity index (χ4n) is 1.74. The first kappa shape index (κ1) is 12.6. The highest BCUT2D eigenvalue weighted by Crippen LogP contribution is 2.29. The van der Waals surface area contributed by atoms with Crippen molar-refractivity contribution in [1.29, 1.82) is 0 Å². The molecule has 5 nitrogen and oxygen atoms in total. The number of carbonyl (C=O) groups is 1. The monoisotopic (exact) mass is 286 g/mol. The Bertz CT molecular complexity index is 752. The number of ether oxygens (including phenoxy) is 2. The van der Waals surface area contributed by atoms with Gasteiger partial charge in [-0.2, -0.15) is 0 Å². The summed E-state index contributed by atoms with van der Waals surface area (Å²) in [7, 11) is 1.35. The van der Waals surface area contributed by atoms with Crippen LogP contribution in [-0.2, 0) is 4.74 Å². The minimum absolute atomic E-state index is 0.376. The molecule has 0 N–H and O–H groups in total. The van der Waals surface area contributed by atoms with Crippen molar-refractivity contribution in [3.63, 3.8) is 0 Å². The second-order valence-electron chi connectivity index (χ2n) is 3.94. The summed E-state index contributed by atoms with van der Waals surface area (Å²) in [5, 5.41) is 2.81. The lowest BCUT2D eigenvalue weighted by Gasteiger charge is -2.06. The number of hydrogen-bond donors (Lipinski definition) is 0. The first-order chi connectivity index (χ1) is 9.78. The number of benzene rings is 1. The van der Waals surface area contributed by atoms with Crippen LogP contribution in [0.15, 0.2) is 42.0 Å². The largest absolute Gasteiger partial charge is 0.465 e. The standard InChI is InChI=1S/C14H10N2O3S/c1-18-14(17)9-2-4-10(5-3-9)19-12-11-6-7-20-13(11)16-8-15-12/h2-8H,1H3. The lowest BCUT2D eigenvalue weighted by molar-refractivity contribution is 0.0600. The summed E-state index contributed by atoms with van der Waals surface area (Å²) < 4.78 is 10.4. The molecule has 0 fully saturated rings. The van der Waals surface area contributed by atoms with E-state index >= 15 is 0 Å². The van der Waals surface area contributed by atoms with Gasteiger partial charge in [-0.1, -0.05) is 0 Å². The first-order valence-electron chi connectivity index (χ1n) is 5.82. The zero-order valence-corrected chi connectivity index (χ0v) is 11.4. The van der Waals surface area contributed by atoms with Gasteiger partial charge in [-0.15, -0.1) is 11.3 Å². The molecule has 0 aliphatic carbocycles. The summed E-state index contributed by atoms with van der Waals surface area (Å²) in [6.07, 6.45) is 1.47. The maximum atomic E-state index is 11.3. The minimum atomic E-state index is -0.376. The van der Waals surface area contributed by atoms with Gasteiger partial charge in [-0.05, 0) is 35.7 Å². The third kappa shape index (κ3) is 2.33. The second-order valence-corrected chi connectivity index (χ2v) is 4.83. The summed E-state index contributed by atoms with van der Waals surface area (Å²) in [5.41, 5.74) is 0.475. The van der Waals surface area contributed by atoms with Crippen molar-refractivity contribution in [2.45, 2.75) is 0 Å². The molecule has 100 valence electrons. The molecule has 20 heavy (non-hydrogen) atoms. The second kappa shape index (κ2) is 5.26. The highest BCUT2D eigenvalue weighted by molar-refractivity contribution is 7.16. The van der Waals surface area contributed by atoms with E-state index in [1.807, 2.05) is 11.4 Å². The number of hydrogen-bond acceptors (Lipinski definition) is 6. The molecule has 6 heteroatoms. The van der Waals surface area contributed by atoms with Gasteiger partial charge in [-0.3, -0.25) is 0 Å². The van der Waals surface area contributed by atoms with Gasteiger partial charge in [0.25, 0.3) is 0 Å². The van der Waals surface area contributed by atoms with Crippen LogP contribution in [0.1, 0.15) is 10.4 Å². The molecule has 0 bridgehead atoms. The van der Waals surface area contributed by atoms with Crippen LogP contribution in [0, 0.1) is 0 Å². The minimum Gasteiger partial charge on any atom is -0.465 e. The van der Waals surface area contributed by atoms with E-state index in [0.717, 1.165) is 10.2 Å². The highest BCUT2D eigenvalue weighted by Gasteiger charge is 2.08. The first-order valence-corrected chi connectivity index (χ1v) is 6.70. The van der Waals surface area contributed by atoms with E-state index in [0.29, 0.717) is 17.2 Å². The molecule has 0 saturated heterocycles. The Kier molecular flexibility index (Phi) is 3.30. The van der Waals surface area contributed by atoms with Crippen molar-refractivity contribution < 1.29 is 14.3 Å². The molecule has 0 unspecified atom stereocenters. The van der Waals surface area contributed by atoms with Crippen LogP contribution in [0.4, 0.5) is 0 Å². The van der Waals surface area contributed by atoms with Gasteiger partial charge in [0.1, 0.15) is 16.9 Å². The molecule has 0 amide bonds. The molecule has 0 aliphatic rings. The summed E-state index contributed by atoms with van der Waals surface area (Å²) in [5.74, 6) is 0.727. The number of rotatable bonds is 3. The Balaban J connectivity index is 1.88. The van der Waals surface area contributed by atoms with Gasteiger partial charge >= 0.3 is 5.97 Å². The SMILES string of the molecule is COC(=O)c1ccc(Oc2ncnc3sccc23)cc1. The Morgan fingerprint density at radius 1 is 1.15 bits per heavy atom. The van der Waals surface area contributed by atoms with Crippen LogP contribution in [0.3, 0.4) is 0 Å². The summed E-state index contributed by atoms with van der Waals surface area (Å²) >= 11 is 1.53. The van der Waals surface area contributed by atoms with Crippen molar-refractivity contribution in [3.8, 4) is 11.6 Å². The number of thiophene rings is 1. The van der Waals surface area contributed by atoms with Crippen molar-refractivity contribution in [2.24, 2.45) is 0 Å². The van der Waals surface area contributed by atoms with Crippen LogP contribution >= 0.6 is 11.3 Å². The van der Waals surface area contributed by atoms with E-state index in [1.54, 1.807) is 24.3 Å². The van der Waals surface area contributed by atoms with Gasteiger partial charge in [0.05, 0.1) is 18.1 Å². The van der Waals surface area contributed by atoms with Gasteiger partial charge < -0.3 is 9.47 Å². The van der Waals surface area contributed by atoms with E-state index < -0.39 is 0 Å². The quantitative estimate of drug-likeness (QED) is 0.691. The molecule has 0 atom stereocenters. The Morgan fingerprint density at radius 2 is 1.95 bits per heavy atom. The highest BCUT2D eigenvalue weighted by atomic mass is 32.1. The molecule has 1 aromatic carbocycles. The van der Waals surface area contributed by atoms with Crippen LogP contribution in [-0.4, -0.2) is 23.0 Å². The number of aromatic nitrogens is 2. The van der Waals surface area contributed by atoms with Crippen LogP contribution in [0.2, 0.25) is 0 Å². The Morgan fingerprint density at radius 3 is 2.70 bits per heavy atom. The van der Waals surface area contributed by atoms with E-state index in [9.17, 15) is 4.79 Å². The van der Waals surface area contributed by atoms with Gasteiger partial charge in [0.15, 0.2) is 0 Å². The van der Waals surface area contributed by atoms with Crippen molar-refractivity contribution >= 4 is 27.5 Å². The van der Waals surface area contributed by atoms with E-state index in [2.05, 4.69) is 14.7 Å². The Hall–Kier alpha value is -2.47. The zero-order chi connectivity index (χ0) is 13.9. The molecule has 0 spiro atoms. The maximum absolute atomic E-state index is 11.3. The van der Waals surface area contributed by atoms with Gasteiger partial charge in [0.2, 0.25) is 5.88 Å². The molecule has 3 aromatic rings. The molecule has 2 heterocycles. The summed E-state index contributed by atoms with van der Waals surface area (Å²) in [6.45, 7) is 0. The maximum Gasteiger partial charge on any atom is 0.337 e. The lowest BCUT2D eigenvalue weighted by atomic mass is 10.2. The topological polar surface area (TPSA) is 61.3 Å². The number of carbonyl (C=O) groups excluding carboxylic acids is 1. The number of esters is 1. The van der Waals surface area contributed by atoms with Crippen molar-refractivity contribution in [3.05, 3.63) is 47.6 Å². The smallest absolute Gasteiger partial charge is 0.337 e. The zero-order valence-electron chi connectivity index (χ0n) is 10.6. The van der Waals surface area contributed by atoms with Crippen LogP contribution in [0.5, 0.6) is 11.6 Å². The van der Waals surface area contributed by atoms with E-state index in [1.165, 1.54) is 24.8 Å². The molecule has 0 radical (unpaired) electrons. The fourth-order valence-corrected chi connectivity index (χ4v) is 2.46. The van der Waals surface area contributed by atoms with E-state index in [4.69, 9.17) is 4.74 Å². The summed E-state index contributed by atoms with van der Waals surface area (Å²) in [6, 6.07) is 8.61. The summed E-state index contributed by atoms with van der Waals surface area (Å²) in [4.78, 5) is 20.5. The molecular weight excluding hydrogens is 276 g/mol. The molecule has 0 aliphatic heterocycles. The van der Waals surface area contributed by atoms with Crippen molar-refractivity contribution in [1.82, 2.24) is 9.97 Å².